The van der Waals surface area contributed by atoms with Crippen molar-refractivity contribution in [3.8, 4) is 0 Å². The van der Waals surface area contributed by atoms with Gasteiger partial charge in [0, 0.05) is 6.04 Å². The van der Waals surface area contributed by atoms with Gasteiger partial charge in [-0.25, -0.2) is 0 Å². The predicted octanol–water partition coefficient (Wildman–Crippen LogP) is 2.35. The minimum atomic E-state index is 0.736. The molecule has 0 aromatic rings. The highest BCUT2D eigenvalue weighted by Crippen LogP contribution is 2.31. The van der Waals surface area contributed by atoms with E-state index in [0.29, 0.717) is 0 Å². The number of rotatable bonds is 5. The minimum absolute atomic E-state index is 0.736. The summed E-state index contributed by atoms with van der Waals surface area (Å²) < 4.78 is 0. The number of nitrogens with one attached hydrogen (secondary N) is 1. The third kappa shape index (κ3) is 4.52. The topological polar surface area (TPSA) is 15.3 Å². The highest BCUT2D eigenvalue weighted by atomic mass is 15.1. The third-order valence-electron chi connectivity index (χ3n) is 3.89. The molecule has 0 amide bonds. The lowest BCUT2D eigenvalue weighted by Crippen LogP contribution is -2.37. The summed E-state index contributed by atoms with van der Waals surface area (Å²) in [5.41, 5.74) is 0. The molecule has 0 aromatic heterocycles. The first-order chi connectivity index (χ1) is 7.13. The first kappa shape index (κ1) is 13.0. The number of hydrogen-bond donors (Lipinski definition) is 1. The lowest BCUT2D eigenvalue weighted by atomic mass is 9.78. The summed E-state index contributed by atoms with van der Waals surface area (Å²) in [5, 5.41) is 3.52. The van der Waals surface area contributed by atoms with Crippen molar-refractivity contribution in [2.45, 2.75) is 45.1 Å². The van der Waals surface area contributed by atoms with Gasteiger partial charge in [-0.1, -0.05) is 19.8 Å². The van der Waals surface area contributed by atoms with Gasteiger partial charge in [-0.05, 0) is 58.8 Å². The van der Waals surface area contributed by atoms with Crippen LogP contribution in [0.25, 0.3) is 0 Å². The molecule has 0 bridgehead atoms. The smallest absolute Gasteiger partial charge is 0.0104 e. The molecule has 1 aliphatic carbocycles. The molecule has 0 aromatic carbocycles. The second-order valence-corrected chi connectivity index (χ2v) is 5.51. The van der Waals surface area contributed by atoms with E-state index in [1.807, 2.05) is 0 Å². The fourth-order valence-corrected chi connectivity index (χ4v) is 2.70. The molecule has 1 atom stereocenters. The van der Waals surface area contributed by atoms with Crippen LogP contribution in [0.5, 0.6) is 0 Å². The largest absolute Gasteiger partial charge is 0.317 e. The number of hydrogen-bond acceptors (Lipinski definition) is 2. The molecule has 1 saturated carbocycles. The summed E-state index contributed by atoms with van der Waals surface area (Å²) in [4.78, 5) is 2.29. The standard InChI is InChI=1S/C13H28N2/c1-11-5-7-12(8-6-11)13(14-2)9-10-15(3)4/h11-14H,5-10H2,1-4H3. The van der Waals surface area contributed by atoms with Crippen LogP contribution in [0.1, 0.15) is 39.0 Å². The summed E-state index contributed by atoms with van der Waals surface area (Å²) in [7, 11) is 6.45. The lowest BCUT2D eigenvalue weighted by molar-refractivity contribution is 0.217. The van der Waals surface area contributed by atoms with Gasteiger partial charge >= 0.3 is 0 Å². The fourth-order valence-electron chi connectivity index (χ4n) is 2.70. The monoisotopic (exact) mass is 212 g/mol. The van der Waals surface area contributed by atoms with Gasteiger partial charge in [0.2, 0.25) is 0 Å². The van der Waals surface area contributed by atoms with Crippen molar-refractivity contribution in [2.24, 2.45) is 11.8 Å². The minimum Gasteiger partial charge on any atom is -0.317 e. The Morgan fingerprint density at radius 3 is 2.27 bits per heavy atom. The molecule has 0 aliphatic heterocycles. The summed E-state index contributed by atoms with van der Waals surface area (Å²) in [5.74, 6) is 1.89. The van der Waals surface area contributed by atoms with E-state index in [9.17, 15) is 0 Å². The SMILES string of the molecule is CNC(CCN(C)C)C1CCC(C)CC1. The first-order valence-electron chi connectivity index (χ1n) is 6.45. The highest BCUT2D eigenvalue weighted by molar-refractivity contribution is 4.80. The van der Waals surface area contributed by atoms with E-state index in [4.69, 9.17) is 0 Å². The summed E-state index contributed by atoms with van der Waals surface area (Å²) >= 11 is 0. The normalized spacial score (nSPS) is 29.4. The molecule has 2 nitrogen and oxygen atoms in total. The van der Waals surface area contributed by atoms with Gasteiger partial charge in [-0.15, -0.1) is 0 Å². The molecular weight excluding hydrogens is 184 g/mol. The molecule has 90 valence electrons. The summed E-state index contributed by atoms with van der Waals surface area (Å²) in [6, 6.07) is 0.736. The number of nitrogens with zero attached hydrogens (tertiary/aromatic N) is 1. The molecule has 0 radical (unpaired) electrons. The van der Waals surface area contributed by atoms with Gasteiger partial charge in [0.15, 0.2) is 0 Å². The Balaban J connectivity index is 2.31. The van der Waals surface area contributed by atoms with Crippen molar-refractivity contribution in [3.63, 3.8) is 0 Å². The van der Waals surface area contributed by atoms with Crippen molar-refractivity contribution in [1.29, 1.82) is 0 Å². The predicted molar refractivity (Wildman–Crippen MR) is 67.1 cm³/mol. The third-order valence-corrected chi connectivity index (χ3v) is 3.89. The zero-order valence-corrected chi connectivity index (χ0v) is 10.9. The van der Waals surface area contributed by atoms with E-state index >= 15 is 0 Å². The van der Waals surface area contributed by atoms with Crippen LogP contribution in [0.15, 0.2) is 0 Å². The molecule has 1 rings (SSSR count). The molecular formula is C13H28N2. The maximum absolute atomic E-state index is 3.52. The molecule has 1 aliphatic rings. The molecule has 0 saturated heterocycles. The van der Waals surface area contributed by atoms with Gasteiger partial charge in [-0.3, -0.25) is 0 Å². The Bertz CT molecular complexity index is 160. The Morgan fingerprint density at radius 1 is 1.20 bits per heavy atom. The van der Waals surface area contributed by atoms with Crippen LogP contribution in [0.4, 0.5) is 0 Å². The first-order valence-corrected chi connectivity index (χ1v) is 6.45. The molecule has 1 N–H and O–H groups in total. The van der Waals surface area contributed by atoms with Crippen molar-refractivity contribution in [1.82, 2.24) is 10.2 Å². The molecule has 2 heteroatoms. The second kappa shape index (κ2) is 6.49. The zero-order valence-electron chi connectivity index (χ0n) is 10.9. The van der Waals surface area contributed by atoms with Crippen LogP contribution in [-0.2, 0) is 0 Å². The fraction of sp³-hybridized carbons (Fsp3) is 1.00. The van der Waals surface area contributed by atoms with Crippen LogP contribution in [-0.4, -0.2) is 38.6 Å². The molecule has 1 unspecified atom stereocenters. The average Bonchev–Trinajstić information content (AvgIpc) is 2.21. The van der Waals surface area contributed by atoms with Crippen molar-refractivity contribution >= 4 is 0 Å². The summed E-state index contributed by atoms with van der Waals surface area (Å²) in [6.07, 6.45) is 7.03. The lowest BCUT2D eigenvalue weighted by Gasteiger charge is -2.33. The van der Waals surface area contributed by atoms with Crippen molar-refractivity contribution in [3.05, 3.63) is 0 Å². The molecule has 0 heterocycles. The van der Waals surface area contributed by atoms with E-state index in [2.05, 4.69) is 38.3 Å². The van der Waals surface area contributed by atoms with Gasteiger partial charge in [0.1, 0.15) is 0 Å². The van der Waals surface area contributed by atoms with Gasteiger partial charge in [0.05, 0.1) is 0 Å². The Hall–Kier alpha value is -0.0800. The Morgan fingerprint density at radius 2 is 1.80 bits per heavy atom. The maximum Gasteiger partial charge on any atom is 0.0104 e. The highest BCUT2D eigenvalue weighted by Gasteiger charge is 2.24. The Kier molecular flexibility index (Phi) is 5.62. The van der Waals surface area contributed by atoms with E-state index < -0.39 is 0 Å². The maximum atomic E-state index is 3.52. The quantitative estimate of drug-likeness (QED) is 0.752. The van der Waals surface area contributed by atoms with Crippen molar-refractivity contribution < 1.29 is 0 Å². The Labute approximate surface area is 95.4 Å². The van der Waals surface area contributed by atoms with Crippen molar-refractivity contribution in [2.75, 3.05) is 27.7 Å². The molecule has 1 fully saturated rings. The van der Waals surface area contributed by atoms with Gasteiger partial charge < -0.3 is 10.2 Å². The molecule has 0 spiro atoms. The van der Waals surface area contributed by atoms with Gasteiger partial charge in [-0.2, -0.15) is 0 Å². The second-order valence-electron chi connectivity index (χ2n) is 5.51. The summed E-state index contributed by atoms with van der Waals surface area (Å²) in [6.45, 7) is 3.60. The average molecular weight is 212 g/mol. The molecule has 15 heavy (non-hydrogen) atoms. The van der Waals surface area contributed by atoms with Crippen LogP contribution >= 0.6 is 0 Å². The van der Waals surface area contributed by atoms with E-state index in [-0.39, 0.29) is 0 Å². The zero-order chi connectivity index (χ0) is 11.3. The van der Waals surface area contributed by atoms with Crippen LogP contribution in [0, 0.1) is 11.8 Å². The van der Waals surface area contributed by atoms with Crippen LogP contribution in [0.2, 0.25) is 0 Å². The van der Waals surface area contributed by atoms with Crippen LogP contribution < -0.4 is 5.32 Å². The van der Waals surface area contributed by atoms with Crippen LogP contribution in [0.3, 0.4) is 0 Å². The van der Waals surface area contributed by atoms with E-state index in [1.165, 1.54) is 38.6 Å². The van der Waals surface area contributed by atoms with Gasteiger partial charge in [0.25, 0.3) is 0 Å². The van der Waals surface area contributed by atoms with E-state index in [0.717, 1.165) is 17.9 Å². The van der Waals surface area contributed by atoms with E-state index in [1.54, 1.807) is 0 Å².